The van der Waals surface area contributed by atoms with Crippen molar-refractivity contribution in [3.63, 3.8) is 0 Å². The Labute approximate surface area is 75.8 Å². The van der Waals surface area contributed by atoms with Gasteiger partial charge in [0.1, 0.15) is 5.82 Å². The number of fused-ring (bicyclic) bond motifs is 1. The molecule has 0 aliphatic carbocycles. The van der Waals surface area contributed by atoms with Crippen molar-refractivity contribution in [3.8, 4) is 6.07 Å². The van der Waals surface area contributed by atoms with Crippen molar-refractivity contribution in [1.29, 1.82) is 5.26 Å². The van der Waals surface area contributed by atoms with Gasteiger partial charge in [-0.15, -0.1) is 0 Å². The summed E-state index contributed by atoms with van der Waals surface area (Å²) < 4.78 is 0. The molecule has 0 fully saturated rings. The van der Waals surface area contributed by atoms with Gasteiger partial charge in [0.25, 0.3) is 0 Å². The summed E-state index contributed by atoms with van der Waals surface area (Å²) in [6.45, 7) is 0. The zero-order chi connectivity index (χ0) is 9.26. The van der Waals surface area contributed by atoms with Crippen LogP contribution < -0.4 is 5.73 Å². The Balaban J connectivity index is 2.73. The Kier molecular flexibility index (Phi) is 1.67. The Bertz CT molecular complexity index is 476. The van der Waals surface area contributed by atoms with Crippen LogP contribution in [-0.2, 0) is 6.42 Å². The van der Waals surface area contributed by atoms with Crippen LogP contribution >= 0.6 is 0 Å². The fourth-order valence-corrected chi connectivity index (χ4v) is 1.49. The number of nitrogens with two attached hydrogens (primary N) is 1. The average Bonchev–Trinajstić information content (AvgIpc) is 2.44. The van der Waals surface area contributed by atoms with E-state index in [-0.39, 0.29) is 0 Å². The van der Waals surface area contributed by atoms with E-state index in [4.69, 9.17) is 11.0 Å². The maximum Gasteiger partial charge on any atom is 0.105 e. The van der Waals surface area contributed by atoms with Crippen LogP contribution in [-0.4, -0.2) is 4.98 Å². The van der Waals surface area contributed by atoms with E-state index < -0.39 is 0 Å². The summed E-state index contributed by atoms with van der Waals surface area (Å²) in [6, 6.07) is 9.90. The van der Waals surface area contributed by atoms with Gasteiger partial charge in [0.15, 0.2) is 0 Å². The van der Waals surface area contributed by atoms with Gasteiger partial charge < -0.3 is 10.7 Å². The number of anilines is 1. The molecule has 0 aliphatic heterocycles. The number of H-pyrrole nitrogens is 1. The largest absolute Gasteiger partial charge is 0.385 e. The Morgan fingerprint density at radius 3 is 2.92 bits per heavy atom. The molecule has 0 atom stereocenters. The van der Waals surface area contributed by atoms with Gasteiger partial charge in [-0.2, -0.15) is 5.26 Å². The lowest BCUT2D eigenvalue weighted by molar-refractivity contribution is 1.28. The number of benzene rings is 1. The molecule has 0 saturated heterocycles. The summed E-state index contributed by atoms with van der Waals surface area (Å²) in [5, 5.41) is 9.65. The van der Waals surface area contributed by atoms with E-state index in [9.17, 15) is 0 Å². The number of aromatic nitrogens is 1. The molecule has 0 unspecified atom stereocenters. The molecule has 3 heteroatoms. The first-order chi connectivity index (χ1) is 6.33. The van der Waals surface area contributed by atoms with Crippen molar-refractivity contribution in [2.45, 2.75) is 6.42 Å². The summed E-state index contributed by atoms with van der Waals surface area (Å²) in [7, 11) is 0. The zero-order valence-electron chi connectivity index (χ0n) is 7.04. The SMILES string of the molecule is N#CCc1c(N)[nH]c2ccccc12. The highest BCUT2D eigenvalue weighted by Crippen LogP contribution is 2.23. The second-order valence-corrected chi connectivity index (χ2v) is 2.90. The fraction of sp³-hybridized carbons (Fsp3) is 0.100. The van der Waals surface area contributed by atoms with Crippen LogP contribution in [0.15, 0.2) is 24.3 Å². The molecule has 3 N–H and O–H groups in total. The molecule has 1 heterocycles. The first-order valence-electron chi connectivity index (χ1n) is 4.05. The molecule has 0 bridgehead atoms. The second kappa shape index (κ2) is 2.83. The predicted octanol–water partition coefficient (Wildman–Crippen LogP) is 1.82. The number of nitrogens with one attached hydrogen (secondary N) is 1. The van der Waals surface area contributed by atoms with Gasteiger partial charge in [0.05, 0.1) is 12.5 Å². The number of hydrogen-bond donors (Lipinski definition) is 2. The monoisotopic (exact) mass is 171 g/mol. The van der Waals surface area contributed by atoms with Gasteiger partial charge in [0, 0.05) is 16.5 Å². The van der Waals surface area contributed by atoms with Crippen LogP contribution in [0.1, 0.15) is 5.56 Å². The molecule has 0 aliphatic rings. The number of para-hydroxylation sites is 1. The van der Waals surface area contributed by atoms with Crippen molar-refractivity contribution in [1.82, 2.24) is 4.98 Å². The first-order valence-corrected chi connectivity index (χ1v) is 4.05. The molecule has 64 valence electrons. The van der Waals surface area contributed by atoms with Gasteiger partial charge >= 0.3 is 0 Å². The third-order valence-electron chi connectivity index (χ3n) is 2.10. The summed E-state index contributed by atoms with van der Waals surface area (Å²) in [4.78, 5) is 3.04. The van der Waals surface area contributed by atoms with Crippen molar-refractivity contribution < 1.29 is 0 Å². The Morgan fingerprint density at radius 2 is 2.15 bits per heavy atom. The Morgan fingerprint density at radius 1 is 1.38 bits per heavy atom. The van der Waals surface area contributed by atoms with E-state index in [1.165, 1.54) is 0 Å². The molecule has 3 nitrogen and oxygen atoms in total. The minimum atomic E-state index is 0.357. The molecular formula is C10H9N3. The number of nitrogen functional groups attached to an aromatic ring is 1. The van der Waals surface area contributed by atoms with Crippen molar-refractivity contribution in [3.05, 3.63) is 29.8 Å². The molecule has 0 spiro atoms. The molecule has 0 saturated carbocycles. The van der Waals surface area contributed by atoms with Crippen molar-refractivity contribution in [2.24, 2.45) is 0 Å². The van der Waals surface area contributed by atoms with E-state index in [0.717, 1.165) is 16.5 Å². The van der Waals surface area contributed by atoms with Gasteiger partial charge in [-0.3, -0.25) is 0 Å². The zero-order valence-corrected chi connectivity index (χ0v) is 7.04. The summed E-state index contributed by atoms with van der Waals surface area (Å²) in [6.07, 6.45) is 0.357. The van der Waals surface area contributed by atoms with Crippen LogP contribution in [0.4, 0.5) is 5.82 Å². The molecule has 13 heavy (non-hydrogen) atoms. The smallest absolute Gasteiger partial charge is 0.105 e. The van der Waals surface area contributed by atoms with E-state index in [0.29, 0.717) is 12.2 Å². The highest BCUT2D eigenvalue weighted by atomic mass is 14.8. The maximum atomic E-state index is 8.60. The van der Waals surface area contributed by atoms with Gasteiger partial charge in [0.2, 0.25) is 0 Å². The lowest BCUT2D eigenvalue weighted by Gasteiger charge is -1.91. The standard InChI is InChI=1S/C10H9N3/c11-6-5-8-7-3-1-2-4-9(7)13-10(8)12/h1-4,13H,5,12H2. The maximum absolute atomic E-state index is 8.60. The predicted molar refractivity (Wildman–Crippen MR) is 52.0 cm³/mol. The third-order valence-corrected chi connectivity index (χ3v) is 2.10. The average molecular weight is 171 g/mol. The lowest BCUT2D eigenvalue weighted by Crippen LogP contribution is -1.89. The fourth-order valence-electron chi connectivity index (χ4n) is 1.49. The topological polar surface area (TPSA) is 65.6 Å². The molecule has 2 rings (SSSR count). The lowest BCUT2D eigenvalue weighted by atomic mass is 10.1. The molecule has 2 aromatic rings. The molecule has 0 amide bonds. The molecular weight excluding hydrogens is 162 g/mol. The van der Waals surface area contributed by atoms with Crippen molar-refractivity contribution >= 4 is 16.7 Å². The highest BCUT2D eigenvalue weighted by molar-refractivity contribution is 5.88. The second-order valence-electron chi connectivity index (χ2n) is 2.90. The van der Waals surface area contributed by atoms with E-state index in [2.05, 4.69) is 11.1 Å². The van der Waals surface area contributed by atoms with Crippen LogP contribution in [0.25, 0.3) is 10.9 Å². The number of nitrogens with zero attached hydrogens (tertiary/aromatic N) is 1. The highest BCUT2D eigenvalue weighted by Gasteiger charge is 2.06. The number of aromatic amines is 1. The minimum Gasteiger partial charge on any atom is -0.385 e. The summed E-state index contributed by atoms with van der Waals surface area (Å²) in [5.74, 6) is 0.600. The van der Waals surface area contributed by atoms with Crippen LogP contribution in [0.3, 0.4) is 0 Å². The van der Waals surface area contributed by atoms with Crippen LogP contribution in [0.2, 0.25) is 0 Å². The van der Waals surface area contributed by atoms with Crippen LogP contribution in [0.5, 0.6) is 0 Å². The van der Waals surface area contributed by atoms with E-state index in [1.807, 2.05) is 24.3 Å². The number of hydrogen-bond acceptors (Lipinski definition) is 2. The normalized spacial score (nSPS) is 10.1. The molecule has 0 radical (unpaired) electrons. The van der Waals surface area contributed by atoms with Crippen LogP contribution in [0, 0.1) is 11.3 Å². The molecule has 1 aromatic heterocycles. The van der Waals surface area contributed by atoms with Gasteiger partial charge in [-0.05, 0) is 6.07 Å². The van der Waals surface area contributed by atoms with Crippen molar-refractivity contribution in [2.75, 3.05) is 5.73 Å². The summed E-state index contributed by atoms with van der Waals surface area (Å²) >= 11 is 0. The van der Waals surface area contributed by atoms with E-state index in [1.54, 1.807) is 0 Å². The van der Waals surface area contributed by atoms with Gasteiger partial charge in [-0.25, -0.2) is 0 Å². The quantitative estimate of drug-likeness (QED) is 0.687. The molecule has 1 aromatic carbocycles. The summed E-state index contributed by atoms with van der Waals surface area (Å²) in [5.41, 5.74) is 7.62. The Hall–Kier alpha value is -1.95. The first kappa shape index (κ1) is 7.69. The third kappa shape index (κ3) is 1.13. The van der Waals surface area contributed by atoms with E-state index >= 15 is 0 Å². The number of nitriles is 1. The van der Waals surface area contributed by atoms with Gasteiger partial charge in [-0.1, -0.05) is 18.2 Å². The number of rotatable bonds is 1. The minimum absolute atomic E-state index is 0.357.